The van der Waals surface area contributed by atoms with Gasteiger partial charge in [-0.05, 0) is 20.3 Å². The third-order valence-electron chi connectivity index (χ3n) is 2.65. The molecule has 2 aromatic heterocycles. The zero-order valence-electron chi connectivity index (χ0n) is 10.0. The van der Waals surface area contributed by atoms with Gasteiger partial charge in [0.1, 0.15) is 10.8 Å². The lowest BCUT2D eigenvalue weighted by molar-refractivity contribution is 0.701. The zero-order chi connectivity index (χ0) is 11.5. The molecule has 3 nitrogen and oxygen atoms in total. The quantitative estimate of drug-likeness (QED) is 0.815. The summed E-state index contributed by atoms with van der Waals surface area (Å²) in [5.41, 5.74) is 1.15. The summed E-state index contributed by atoms with van der Waals surface area (Å²) < 4.78 is 2.20. The van der Waals surface area contributed by atoms with Gasteiger partial charge in [-0.25, -0.2) is 9.97 Å². The van der Waals surface area contributed by atoms with Gasteiger partial charge in [-0.1, -0.05) is 6.92 Å². The minimum atomic E-state index is 0.856. The van der Waals surface area contributed by atoms with E-state index in [0.717, 1.165) is 30.9 Å². The number of hydrogen-bond acceptors (Lipinski definition) is 3. The average molecular weight is 235 g/mol. The molecule has 86 valence electrons. The molecular formula is C12H17N3S. The van der Waals surface area contributed by atoms with Crippen molar-refractivity contribution in [2.24, 2.45) is 0 Å². The van der Waals surface area contributed by atoms with Crippen LogP contribution >= 0.6 is 11.3 Å². The van der Waals surface area contributed by atoms with Crippen molar-refractivity contribution in [3.05, 3.63) is 33.8 Å². The molecule has 0 radical (unpaired) electrons. The van der Waals surface area contributed by atoms with Crippen LogP contribution in [0, 0.1) is 13.8 Å². The van der Waals surface area contributed by atoms with Crippen molar-refractivity contribution in [3.8, 4) is 0 Å². The largest absolute Gasteiger partial charge is 0.328 e. The minimum absolute atomic E-state index is 0.856. The molecule has 16 heavy (non-hydrogen) atoms. The first-order valence-corrected chi connectivity index (χ1v) is 6.45. The Morgan fingerprint density at radius 2 is 2.19 bits per heavy atom. The molecule has 0 aliphatic heterocycles. The number of nitrogens with zero attached hydrogens (tertiary/aromatic N) is 3. The van der Waals surface area contributed by atoms with Crippen LogP contribution in [0.25, 0.3) is 0 Å². The number of aromatic nitrogens is 3. The van der Waals surface area contributed by atoms with Crippen LogP contribution in [0.1, 0.15) is 34.7 Å². The van der Waals surface area contributed by atoms with E-state index in [4.69, 9.17) is 0 Å². The third kappa shape index (κ3) is 2.32. The van der Waals surface area contributed by atoms with Crippen molar-refractivity contribution >= 4 is 11.3 Å². The summed E-state index contributed by atoms with van der Waals surface area (Å²) in [6, 6.07) is 0. The summed E-state index contributed by atoms with van der Waals surface area (Å²) in [6.07, 6.45) is 6.08. The first-order valence-electron chi connectivity index (χ1n) is 5.63. The van der Waals surface area contributed by atoms with Gasteiger partial charge in [0.2, 0.25) is 0 Å². The summed E-state index contributed by atoms with van der Waals surface area (Å²) in [5.74, 6) is 1.16. The molecule has 0 aliphatic carbocycles. The van der Waals surface area contributed by atoms with Gasteiger partial charge in [0.25, 0.3) is 0 Å². The number of hydrogen-bond donors (Lipinski definition) is 0. The molecular weight excluding hydrogens is 218 g/mol. The highest BCUT2D eigenvalue weighted by atomic mass is 32.1. The average Bonchev–Trinajstić information content (AvgIpc) is 2.77. The van der Waals surface area contributed by atoms with Gasteiger partial charge >= 0.3 is 0 Å². The molecule has 0 unspecified atom stereocenters. The lowest BCUT2D eigenvalue weighted by Crippen LogP contribution is -2.03. The van der Waals surface area contributed by atoms with Crippen molar-refractivity contribution in [3.63, 3.8) is 0 Å². The minimum Gasteiger partial charge on any atom is -0.328 e. The Morgan fingerprint density at radius 1 is 1.38 bits per heavy atom. The summed E-state index contributed by atoms with van der Waals surface area (Å²) in [7, 11) is 0. The molecule has 4 heteroatoms. The van der Waals surface area contributed by atoms with Crippen LogP contribution in [0.5, 0.6) is 0 Å². The molecule has 2 heterocycles. The molecule has 0 aliphatic rings. The first-order chi connectivity index (χ1) is 7.70. The van der Waals surface area contributed by atoms with Crippen molar-refractivity contribution in [2.45, 2.75) is 40.2 Å². The summed E-state index contributed by atoms with van der Waals surface area (Å²) in [4.78, 5) is 10.2. The van der Waals surface area contributed by atoms with Crippen LogP contribution in [0.3, 0.4) is 0 Å². The molecule has 2 aromatic rings. The highest BCUT2D eigenvalue weighted by Crippen LogP contribution is 2.18. The van der Waals surface area contributed by atoms with E-state index in [1.807, 2.05) is 12.4 Å². The molecule has 0 aromatic carbocycles. The fourth-order valence-electron chi connectivity index (χ4n) is 1.69. The molecule has 0 saturated carbocycles. The maximum Gasteiger partial charge on any atom is 0.113 e. The monoisotopic (exact) mass is 235 g/mol. The van der Waals surface area contributed by atoms with E-state index in [-0.39, 0.29) is 0 Å². The SMILES string of the molecule is CCCc1nccn1Cc1nc(C)c(C)s1. The summed E-state index contributed by atoms with van der Waals surface area (Å²) >= 11 is 1.78. The zero-order valence-corrected chi connectivity index (χ0v) is 10.8. The van der Waals surface area contributed by atoms with Gasteiger partial charge in [0.15, 0.2) is 0 Å². The molecule has 0 spiro atoms. The highest BCUT2D eigenvalue weighted by Gasteiger charge is 2.07. The van der Waals surface area contributed by atoms with E-state index in [1.54, 1.807) is 11.3 Å². The summed E-state index contributed by atoms with van der Waals surface area (Å²) in [6.45, 7) is 7.22. The summed E-state index contributed by atoms with van der Waals surface area (Å²) in [5, 5.41) is 1.17. The standard InChI is InChI=1S/C12H17N3S/c1-4-5-11-13-6-7-15(11)8-12-14-9(2)10(3)16-12/h6-7H,4-5,8H2,1-3H3. The maximum absolute atomic E-state index is 4.56. The molecule has 0 bridgehead atoms. The van der Waals surface area contributed by atoms with Crippen molar-refractivity contribution in [2.75, 3.05) is 0 Å². The van der Waals surface area contributed by atoms with Gasteiger partial charge in [0, 0.05) is 23.7 Å². The van der Waals surface area contributed by atoms with Gasteiger partial charge in [-0.2, -0.15) is 0 Å². The van der Waals surface area contributed by atoms with Crippen molar-refractivity contribution in [1.29, 1.82) is 0 Å². The van der Waals surface area contributed by atoms with Crippen LogP contribution in [-0.4, -0.2) is 14.5 Å². The Kier molecular flexibility index (Phi) is 3.39. The van der Waals surface area contributed by atoms with Crippen molar-refractivity contribution in [1.82, 2.24) is 14.5 Å². The topological polar surface area (TPSA) is 30.7 Å². The number of aryl methyl sites for hydroxylation is 3. The van der Waals surface area contributed by atoms with Crippen LogP contribution in [0.2, 0.25) is 0 Å². The number of rotatable bonds is 4. The molecule has 0 N–H and O–H groups in total. The van der Waals surface area contributed by atoms with Gasteiger partial charge < -0.3 is 4.57 Å². The molecule has 0 amide bonds. The Balaban J connectivity index is 2.16. The number of imidazole rings is 1. The Morgan fingerprint density at radius 3 is 2.81 bits per heavy atom. The lowest BCUT2D eigenvalue weighted by atomic mass is 10.3. The van der Waals surface area contributed by atoms with Crippen LogP contribution in [-0.2, 0) is 13.0 Å². The predicted molar refractivity (Wildman–Crippen MR) is 66.9 cm³/mol. The van der Waals surface area contributed by atoms with Gasteiger partial charge in [-0.15, -0.1) is 11.3 Å². The van der Waals surface area contributed by atoms with E-state index in [9.17, 15) is 0 Å². The fourth-order valence-corrected chi connectivity index (χ4v) is 2.62. The van der Waals surface area contributed by atoms with E-state index < -0.39 is 0 Å². The number of thiazole rings is 1. The first kappa shape index (κ1) is 11.3. The van der Waals surface area contributed by atoms with Gasteiger partial charge in [0.05, 0.1) is 12.2 Å². The van der Waals surface area contributed by atoms with E-state index >= 15 is 0 Å². The van der Waals surface area contributed by atoms with E-state index in [2.05, 4.69) is 35.3 Å². The van der Waals surface area contributed by atoms with Crippen LogP contribution in [0.4, 0.5) is 0 Å². The van der Waals surface area contributed by atoms with Crippen LogP contribution in [0.15, 0.2) is 12.4 Å². The van der Waals surface area contributed by atoms with Crippen LogP contribution < -0.4 is 0 Å². The molecule has 0 fully saturated rings. The van der Waals surface area contributed by atoms with E-state index in [1.165, 1.54) is 9.88 Å². The Hall–Kier alpha value is -1.16. The Labute approximate surface area is 100 Å². The highest BCUT2D eigenvalue weighted by molar-refractivity contribution is 7.11. The fraction of sp³-hybridized carbons (Fsp3) is 0.500. The second-order valence-corrected chi connectivity index (χ2v) is 5.26. The smallest absolute Gasteiger partial charge is 0.113 e. The molecule has 0 atom stereocenters. The third-order valence-corrected chi connectivity index (χ3v) is 3.71. The van der Waals surface area contributed by atoms with Crippen molar-refractivity contribution < 1.29 is 0 Å². The van der Waals surface area contributed by atoms with E-state index in [0.29, 0.717) is 0 Å². The Bertz CT molecular complexity index is 451. The normalized spacial score (nSPS) is 10.9. The lowest BCUT2D eigenvalue weighted by Gasteiger charge is -2.04. The second-order valence-electron chi connectivity index (χ2n) is 3.97. The molecule has 2 rings (SSSR count). The second kappa shape index (κ2) is 4.78. The molecule has 0 saturated heterocycles. The maximum atomic E-state index is 4.56. The predicted octanol–water partition coefficient (Wildman–Crippen LogP) is 2.96. The van der Waals surface area contributed by atoms with Gasteiger partial charge in [-0.3, -0.25) is 0 Å².